The minimum absolute atomic E-state index is 0.459. The standard InChI is InChI=1S/C16H24BrN/c1-5-7-8-9-15(18-6-2)14-10-12(3)16(17)13(4)11-14/h5,10-11,15,18H,1,6-9H2,2-4H3. The number of allylic oxidation sites excluding steroid dienone is 1. The average Bonchev–Trinajstić information content (AvgIpc) is 2.34. The van der Waals surface area contributed by atoms with Crippen LogP contribution < -0.4 is 5.32 Å². The van der Waals surface area contributed by atoms with Crippen LogP contribution in [0.5, 0.6) is 0 Å². The molecule has 0 spiro atoms. The second kappa shape index (κ2) is 7.75. The Morgan fingerprint density at radius 1 is 1.33 bits per heavy atom. The number of aryl methyl sites for hydroxylation is 2. The molecule has 1 aromatic rings. The van der Waals surface area contributed by atoms with Crippen LogP contribution in [0.25, 0.3) is 0 Å². The molecule has 0 bridgehead atoms. The summed E-state index contributed by atoms with van der Waals surface area (Å²) in [6, 6.07) is 5.04. The fourth-order valence-electron chi connectivity index (χ4n) is 2.28. The third-order valence-corrected chi connectivity index (χ3v) is 4.46. The second-order valence-electron chi connectivity index (χ2n) is 4.80. The zero-order chi connectivity index (χ0) is 13.5. The highest BCUT2D eigenvalue weighted by Gasteiger charge is 2.12. The van der Waals surface area contributed by atoms with Crippen LogP contribution >= 0.6 is 15.9 Å². The van der Waals surface area contributed by atoms with Crippen molar-refractivity contribution in [2.24, 2.45) is 0 Å². The Kier molecular flexibility index (Phi) is 6.66. The zero-order valence-electron chi connectivity index (χ0n) is 11.7. The third-order valence-electron chi connectivity index (χ3n) is 3.21. The number of rotatable bonds is 7. The summed E-state index contributed by atoms with van der Waals surface area (Å²) < 4.78 is 1.23. The van der Waals surface area contributed by atoms with Gasteiger partial charge in [0.25, 0.3) is 0 Å². The fourth-order valence-corrected chi connectivity index (χ4v) is 2.51. The maximum atomic E-state index is 3.79. The molecule has 0 amide bonds. The van der Waals surface area contributed by atoms with Crippen molar-refractivity contribution in [3.05, 3.63) is 46.0 Å². The van der Waals surface area contributed by atoms with Gasteiger partial charge in [0.2, 0.25) is 0 Å². The van der Waals surface area contributed by atoms with Gasteiger partial charge < -0.3 is 5.32 Å². The van der Waals surface area contributed by atoms with Gasteiger partial charge in [-0.25, -0.2) is 0 Å². The first-order valence-corrected chi connectivity index (χ1v) is 7.50. The minimum Gasteiger partial charge on any atom is -0.310 e. The number of hydrogen-bond acceptors (Lipinski definition) is 1. The summed E-state index contributed by atoms with van der Waals surface area (Å²) >= 11 is 3.63. The molecule has 0 aliphatic carbocycles. The van der Waals surface area contributed by atoms with Crippen molar-refractivity contribution in [3.63, 3.8) is 0 Å². The predicted molar refractivity (Wildman–Crippen MR) is 84.1 cm³/mol. The van der Waals surface area contributed by atoms with E-state index in [1.807, 2.05) is 6.08 Å². The second-order valence-corrected chi connectivity index (χ2v) is 5.59. The number of nitrogens with one attached hydrogen (secondary N) is 1. The van der Waals surface area contributed by atoms with Crippen molar-refractivity contribution in [1.29, 1.82) is 0 Å². The Hall–Kier alpha value is -0.600. The Morgan fingerprint density at radius 3 is 2.44 bits per heavy atom. The maximum Gasteiger partial charge on any atom is 0.0320 e. The van der Waals surface area contributed by atoms with E-state index in [0.29, 0.717) is 6.04 Å². The molecule has 0 heterocycles. The molecule has 1 atom stereocenters. The fraction of sp³-hybridized carbons (Fsp3) is 0.500. The Balaban J connectivity index is 2.87. The molecule has 0 saturated heterocycles. The van der Waals surface area contributed by atoms with E-state index in [0.717, 1.165) is 13.0 Å². The van der Waals surface area contributed by atoms with Crippen molar-refractivity contribution < 1.29 is 0 Å². The Morgan fingerprint density at radius 2 is 1.94 bits per heavy atom. The van der Waals surface area contributed by atoms with Crippen LogP contribution in [0, 0.1) is 13.8 Å². The molecular formula is C16H24BrN. The van der Waals surface area contributed by atoms with Crippen LogP contribution in [-0.2, 0) is 0 Å². The van der Waals surface area contributed by atoms with Gasteiger partial charge in [-0.2, -0.15) is 0 Å². The summed E-state index contributed by atoms with van der Waals surface area (Å²) in [5, 5.41) is 3.58. The van der Waals surface area contributed by atoms with Crippen molar-refractivity contribution in [1.82, 2.24) is 5.32 Å². The van der Waals surface area contributed by atoms with E-state index in [1.165, 1.54) is 34.0 Å². The molecule has 18 heavy (non-hydrogen) atoms. The molecular weight excluding hydrogens is 286 g/mol. The highest BCUT2D eigenvalue weighted by atomic mass is 79.9. The predicted octanol–water partition coefficient (Wildman–Crippen LogP) is 5.07. The highest BCUT2D eigenvalue weighted by molar-refractivity contribution is 9.10. The molecule has 1 aromatic carbocycles. The molecule has 0 radical (unpaired) electrons. The van der Waals surface area contributed by atoms with E-state index < -0.39 is 0 Å². The number of halogens is 1. The molecule has 1 unspecified atom stereocenters. The molecule has 100 valence electrons. The lowest BCUT2D eigenvalue weighted by Gasteiger charge is -2.20. The summed E-state index contributed by atoms with van der Waals surface area (Å²) in [5.41, 5.74) is 4.03. The molecule has 1 N–H and O–H groups in total. The van der Waals surface area contributed by atoms with Crippen LogP contribution in [0.2, 0.25) is 0 Å². The van der Waals surface area contributed by atoms with Gasteiger partial charge in [0.1, 0.15) is 0 Å². The molecule has 0 aromatic heterocycles. The van der Waals surface area contributed by atoms with Gasteiger partial charge in [-0.05, 0) is 56.3 Å². The highest BCUT2D eigenvalue weighted by Crippen LogP contribution is 2.27. The van der Waals surface area contributed by atoms with Crippen LogP contribution in [0.15, 0.2) is 29.3 Å². The molecule has 2 heteroatoms. The smallest absolute Gasteiger partial charge is 0.0320 e. The molecule has 0 aliphatic heterocycles. The number of hydrogen-bond donors (Lipinski definition) is 1. The van der Waals surface area contributed by atoms with Gasteiger partial charge in [-0.1, -0.05) is 41.1 Å². The first-order valence-electron chi connectivity index (χ1n) is 6.71. The quantitative estimate of drug-likeness (QED) is 0.547. The van der Waals surface area contributed by atoms with Gasteiger partial charge in [-0.15, -0.1) is 6.58 Å². The van der Waals surface area contributed by atoms with Crippen molar-refractivity contribution >= 4 is 15.9 Å². The van der Waals surface area contributed by atoms with Crippen molar-refractivity contribution in [2.75, 3.05) is 6.54 Å². The van der Waals surface area contributed by atoms with Crippen molar-refractivity contribution in [2.45, 2.75) is 46.1 Å². The largest absolute Gasteiger partial charge is 0.310 e. The van der Waals surface area contributed by atoms with Crippen molar-refractivity contribution in [3.8, 4) is 0 Å². The first-order chi connectivity index (χ1) is 8.60. The summed E-state index contributed by atoms with van der Waals surface area (Å²) in [7, 11) is 0. The SMILES string of the molecule is C=CCCCC(NCC)c1cc(C)c(Br)c(C)c1. The van der Waals surface area contributed by atoms with Gasteiger partial charge >= 0.3 is 0 Å². The van der Waals surface area contributed by atoms with Crippen LogP contribution in [0.4, 0.5) is 0 Å². The monoisotopic (exact) mass is 309 g/mol. The Bertz CT molecular complexity index is 375. The number of benzene rings is 1. The summed E-state index contributed by atoms with van der Waals surface area (Å²) in [4.78, 5) is 0. The molecule has 0 saturated carbocycles. The zero-order valence-corrected chi connectivity index (χ0v) is 13.3. The van der Waals surface area contributed by atoms with Crippen LogP contribution in [0.1, 0.15) is 48.9 Å². The molecule has 1 nitrogen and oxygen atoms in total. The van der Waals surface area contributed by atoms with E-state index in [9.17, 15) is 0 Å². The van der Waals surface area contributed by atoms with Gasteiger partial charge in [-0.3, -0.25) is 0 Å². The van der Waals surface area contributed by atoms with E-state index in [2.05, 4.69) is 60.7 Å². The average molecular weight is 310 g/mol. The lowest BCUT2D eigenvalue weighted by Crippen LogP contribution is -2.21. The van der Waals surface area contributed by atoms with E-state index >= 15 is 0 Å². The molecule has 0 aliphatic rings. The van der Waals surface area contributed by atoms with E-state index in [4.69, 9.17) is 0 Å². The number of unbranched alkanes of at least 4 members (excludes halogenated alkanes) is 1. The summed E-state index contributed by atoms with van der Waals surface area (Å²) in [6.07, 6.45) is 5.45. The summed E-state index contributed by atoms with van der Waals surface area (Å²) in [5.74, 6) is 0. The van der Waals surface area contributed by atoms with Crippen LogP contribution in [0.3, 0.4) is 0 Å². The van der Waals surface area contributed by atoms with Gasteiger partial charge in [0.15, 0.2) is 0 Å². The van der Waals surface area contributed by atoms with E-state index in [1.54, 1.807) is 0 Å². The third kappa shape index (κ3) is 4.25. The summed E-state index contributed by atoms with van der Waals surface area (Å²) in [6.45, 7) is 11.3. The lowest BCUT2D eigenvalue weighted by molar-refractivity contribution is 0.500. The minimum atomic E-state index is 0.459. The topological polar surface area (TPSA) is 12.0 Å². The van der Waals surface area contributed by atoms with E-state index in [-0.39, 0.29) is 0 Å². The maximum absolute atomic E-state index is 3.79. The van der Waals surface area contributed by atoms with Crippen LogP contribution in [-0.4, -0.2) is 6.54 Å². The van der Waals surface area contributed by atoms with Gasteiger partial charge in [0, 0.05) is 10.5 Å². The Labute approximate surface area is 120 Å². The first kappa shape index (κ1) is 15.5. The lowest BCUT2D eigenvalue weighted by atomic mass is 9.97. The molecule has 1 rings (SSSR count). The normalized spacial score (nSPS) is 12.4. The van der Waals surface area contributed by atoms with Gasteiger partial charge in [0.05, 0.1) is 0 Å². The molecule has 0 fully saturated rings.